The first-order valence-electron chi connectivity index (χ1n) is 7.51. The molecular weight excluding hydrogens is 266 g/mol. The van der Waals surface area contributed by atoms with Gasteiger partial charge < -0.3 is 0 Å². The molecule has 0 unspecified atom stereocenters. The molecule has 0 fully saturated rings. The summed E-state index contributed by atoms with van der Waals surface area (Å²) >= 11 is 0. The molecular formula is C21H17N. The monoisotopic (exact) mass is 283 g/mol. The van der Waals surface area contributed by atoms with Gasteiger partial charge in [0.1, 0.15) is 6.07 Å². The van der Waals surface area contributed by atoms with E-state index in [-0.39, 0.29) is 0 Å². The maximum Gasteiger partial charge on any atom is 0.100 e. The number of nitrogens with zero attached hydrogens (tertiary/aromatic N) is 1. The van der Waals surface area contributed by atoms with Crippen LogP contribution in [0.15, 0.2) is 72.8 Å². The highest BCUT2D eigenvalue weighted by Gasteiger charge is 2.13. The molecule has 0 aliphatic heterocycles. The normalized spacial score (nSPS) is 10.2. The number of nitriles is 1. The van der Waals surface area contributed by atoms with Gasteiger partial charge in [0.15, 0.2) is 0 Å². The second kappa shape index (κ2) is 6.28. The average Bonchev–Trinajstić information content (AvgIpc) is 2.62. The van der Waals surface area contributed by atoms with Crippen molar-refractivity contribution in [1.29, 1.82) is 5.26 Å². The predicted molar refractivity (Wildman–Crippen MR) is 91.4 cm³/mol. The zero-order valence-corrected chi connectivity index (χ0v) is 12.6. The van der Waals surface area contributed by atoms with E-state index in [1.807, 2.05) is 36.4 Å². The third-order valence-electron chi connectivity index (χ3n) is 3.89. The topological polar surface area (TPSA) is 23.8 Å². The summed E-state index contributed by atoms with van der Waals surface area (Å²) < 4.78 is 0. The lowest BCUT2D eigenvalue weighted by Gasteiger charge is -2.13. The van der Waals surface area contributed by atoms with Crippen LogP contribution in [0.5, 0.6) is 0 Å². The summed E-state index contributed by atoms with van der Waals surface area (Å²) in [4.78, 5) is 0. The smallest absolute Gasteiger partial charge is 0.100 e. The highest BCUT2D eigenvalue weighted by atomic mass is 14.3. The first kappa shape index (κ1) is 14.1. The first-order chi connectivity index (χ1) is 10.8. The molecule has 0 bridgehead atoms. The fourth-order valence-electron chi connectivity index (χ4n) is 2.72. The molecule has 0 spiro atoms. The Balaban J connectivity index is 2.30. The lowest BCUT2D eigenvalue weighted by Crippen LogP contribution is -1.93. The van der Waals surface area contributed by atoms with Crippen LogP contribution in [-0.2, 0) is 6.42 Å². The molecule has 106 valence electrons. The Labute approximate surface area is 131 Å². The lowest BCUT2D eigenvalue weighted by molar-refractivity contribution is 1.14. The molecule has 1 nitrogen and oxygen atoms in total. The van der Waals surface area contributed by atoms with E-state index >= 15 is 0 Å². The van der Waals surface area contributed by atoms with Crippen LogP contribution < -0.4 is 0 Å². The van der Waals surface area contributed by atoms with Gasteiger partial charge in [-0.2, -0.15) is 5.26 Å². The van der Waals surface area contributed by atoms with E-state index in [2.05, 4.69) is 49.4 Å². The van der Waals surface area contributed by atoms with Gasteiger partial charge in [-0.3, -0.25) is 0 Å². The highest BCUT2D eigenvalue weighted by Crippen LogP contribution is 2.33. The van der Waals surface area contributed by atoms with Crippen LogP contribution >= 0.6 is 0 Å². The zero-order chi connectivity index (χ0) is 15.4. The summed E-state index contributed by atoms with van der Waals surface area (Å²) in [5.74, 6) is 0. The maximum absolute atomic E-state index is 9.74. The second-order valence-electron chi connectivity index (χ2n) is 5.26. The van der Waals surface area contributed by atoms with E-state index in [9.17, 15) is 5.26 Å². The van der Waals surface area contributed by atoms with Crippen LogP contribution in [0, 0.1) is 11.3 Å². The van der Waals surface area contributed by atoms with Crippen LogP contribution in [-0.4, -0.2) is 0 Å². The Morgan fingerprint density at radius 2 is 1.23 bits per heavy atom. The quantitative estimate of drug-likeness (QED) is 0.626. The molecule has 0 amide bonds. The molecule has 0 aliphatic rings. The largest absolute Gasteiger partial charge is 0.192 e. The van der Waals surface area contributed by atoms with Gasteiger partial charge in [-0.25, -0.2) is 0 Å². The number of benzene rings is 3. The standard InChI is InChI=1S/C21H17N/c1-2-16-13-19(17-9-5-3-6-10-17)21(15-22)20(14-16)18-11-7-4-8-12-18/h3-14H,2H2,1H3. The second-order valence-corrected chi connectivity index (χ2v) is 5.26. The molecule has 0 radical (unpaired) electrons. The molecule has 0 heterocycles. The summed E-state index contributed by atoms with van der Waals surface area (Å²) in [6, 6.07) is 27.0. The minimum Gasteiger partial charge on any atom is -0.192 e. The van der Waals surface area contributed by atoms with Gasteiger partial charge >= 0.3 is 0 Å². The molecule has 0 atom stereocenters. The van der Waals surface area contributed by atoms with Crippen LogP contribution in [0.2, 0.25) is 0 Å². The molecule has 22 heavy (non-hydrogen) atoms. The van der Waals surface area contributed by atoms with Crippen LogP contribution in [0.25, 0.3) is 22.3 Å². The van der Waals surface area contributed by atoms with Crippen LogP contribution in [0.3, 0.4) is 0 Å². The molecule has 3 aromatic rings. The number of aryl methyl sites for hydroxylation is 1. The van der Waals surface area contributed by atoms with Crippen molar-refractivity contribution in [2.45, 2.75) is 13.3 Å². The molecule has 0 saturated heterocycles. The van der Waals surface area contributed by atoms with Gasteiger partial charge in [0.2, 0.25) is 0 Å². The van der Waals surface area contributed by atoms with Crippen LogP contribution in [0.1, 0.15) is 18.1 Å². The highest BCUT2D eigenvalue weighted by molar-refractivity contribution is 5.82. The minimum atomic E-state index is 0.745. The Morgan fingerprint density at radius 1 is 0.773 bits per heavy atom. The molecule has 0 aliphatic carbocycles. The molecule has 0 N–H and O–H groups in total. The molecule has 3 rings (SSSR count). The summed E-state index contributed by atoms with van der Waals surface area (Å²) in [5.41, 5.74) is 6.20. The van der Waals surface area contributed by atoms with Gasteiger partial charge in [-0.1, -0.05) is 67.6 Å². The molecule has 0 aromatic heterocycles. The minimum absolute atomic E-state index is 0.745. The molecule has 3 aromatic carbocycles. The van der Waals surface area contributed by atoms with Gasteiger partial charge in [0, 0.05) is 11.1 Å². The summed E-state index contributed by atoms with van der Waals surface area (Å²) in [7, 11) is 0. The summed E-state index contributed by atoms with van der Waals surface area (Å²) in [6.07, 6.45) is 0.950. The fraction of sp³-hybridized carbons (Fsp3) is 0.0952. The van der Waals surface area contributed by atoms with Gasteiger partial charge in [0.25, 0.3) is 0 Å². The third kappa shape index (κ3) is 2.64. The van der Waals surface area contributed by atoms with Crippen molar-refractivity contribution >= 4 is 0 Å². The molecule has 0 saturated carbocycles. The Bertz CT molecular complexity index is 751. The summed E-state index contributed by atoms with van der Waals surface area (Å²) in [6.45, 7) is 2.14. The Kier molecular flexibility index (Phi) is 4.03. The van der Waals surface area contributed by atoms with Crippen molar-refractivity contribution in [3.05, 3.63) is 83.9 Å². The van der Waals surface area contributed by atoms with E-state index in [0.29, 0.717) is 0 Å². The van der Waals surface area contributed by atoms with Gasteiger partial charge in [-0.05, 0) is 35.2 Å². The van der Waals surface area contributed by atoms with Gasteiger partial charge in [0.05, 0.1) is 5.56 Å². The lowest BCUT2D eigenvalue weighted by atomic mass is 9.89. The predicted octanol–water partition coefficient (Wildman–Crippen LogP) is 5.45. The van der Waals surface area contributed by atoms with Gasteiger partial charge in [-0.15, -0.1) is 0 Å². The van der Waals surface area contributed by atoms with Crippen molar-refractivity contribution in [3.8, 4) is 28.3 Å². The van der Waals surface area contributed by atoms with E-state index < -0.39 is 0 Å². The Hall–Kier alpha value is -2.85. The van der Waals surface area contributed by atoms with Crippen molar-refractivity contribution < 1.29 is 0 Å². The first-order valence-corrected chi connectivity index (χ1v) is 7.51. The summed E-state index contributed by atoms with van der Waals surface area (Å²) in [5, 5.41) is 9.74. The van der Waals surface area contributed by atoms with E-state index in [1.54, 1.807) is 0 Å². The van der Waals surface area contributed by atoms with Crippen molar-refractivity contribution in [3.63, 3.8) is 0 Å². The van der Waals surface area contributed by atoms with Crippen molar-refractivity contribution in [1.82, 2.24) is 0 Å². The van der Waals surface area contributed by atoms with Crippen molar-refractivity contribution in [2.24, 2.45) is 0 Å². The number of hydrogen-bond donors (Lipinski definition) is 0. The number of hydrogen-bond acceptors (Lipinski definition) is 1. The molecule has 1 heteroatoms. The van der Waals surface area contributed by atoms with Crippen molar-refractivity contribution in [2.75, 3.05) is 0 Å². The fourth-order valence-corrected chi connectivity index (χ4v) is 2.72. The van der Waals surface area contributed by atoms with Crippen LogP contribution in [0.4, 0.5) is 0 Å². The Morgan fingerprint density at radius 3 is 1.59 bits per heavy atom. The SMILES string of the molecule is CCc1cc(-c2ccccc2)c(C#N)c(-c2ccccc2)c1. The van der Waals surface area contributed by atoms with E-state index in [1.165, 1.54) is 5.56 Å². The average molecular weight is 283 g/mol. The zero-order valence-electron chi connectivity index (χ0n) is 12.6. The van der Waals surface area contributed by atoms with E-state index in [0.717, 1.165) is 34.2 Å². The number of rotatable bonds is 3. The maximum atomic E-state index is 9.74. The van der Waals surface area contributed by atoms with E-state index in [4.69, 9.17) is 0 Å². The third-order valence-corrected chi connectivity index (χ3v) is 3.89.